The molecule has 13 heteroatoms. The standard InChI is InChI=1S/C26H39N5O7S/c1-17(26(34)38-18(2)19-10-11-19)30(5)25(33)22(16-39(35,36)37)28-24(32)12-13-31-21(15-29(4)27-3)14-20-8-6-7-9-23(20)31/h6-9,14,17-19,22,27H,10-13,15-16H2,1-5H3,(H,28,32)(H,35,36,37)/t17?,18-,22?/m0/s1. The number of hydrogen-bond acceptors (Lipinski definition) is 8. The van der Waals surface area contributed by atoms with Crippen molar-refractivity contribution in [1.29, 1.82) is 0 Å². The summed E-state index contributed by atoms with van der Waals surface area (Å²) in [6, 6.07) is 7.19. The van der Waals surface area contributed by atoms with E-state index in [1.54, 1.807) is 14.0 Å². The fourth-order valence-electron chi connectivity index (χ4n) is 4.39. The second kappa shape index (κ2) is 12.9. The normalized spacial score (nSPS) is 16.1. The summed E-state index contributed by atoms with van der Waals surface area (Å²) < 4.78 is 40.2. The van der Waals surface area contributed by atoms with Crippen molar-refractivity contribution in [2.24, 2.45) is 5.92 Å². The number of aryl methyl sites for hydroxylation is 1. The van der Waals surface area contributed by atoms with E-state index >= 15 is 0 Å². The number of amides is 2. The minimum atomic E-state index is -4.62. The van der Waals surface area contributed by atoms with Crippen LogP contribution in [0.5, 0.6) is 0 Å². The summed E-state index contributed by atoms with van der Waals surface area (Å²) in [5, 5.41) is 5.34. The predicted octanol–water partition coefficient (Wildman–Crippen LogP) is 1.16. The Kier molecular flexibility index (Phi) is 10.1. The Morgan fingerprint density at radius 1 is 1.18 bits per heavy atom. The van der Waals surface area contributed by atoms with Crippen LogP contribution < -0.4 is 10.7 Å². The first-order chi connectivity index (χ1) is 18.3. The van der Waals surface area contributed by atoms with Crippen LogP contribution in [0.3, 0.4) is 0 Å². The summed E-state index contributed by atoms with van der Waals surface area (Å²) in [7, 11) is 0.400. The Labute approximate surface area is 229 Å². The van der Waals surface area contributed by atoms with Crippen LogP contribution in [0.4, 0.5) is 0 Å². The van der Waals surface area contributed by atoms with E-state index in [0.717, 1.165) is 34.3 Å². The molecule has 1 aromatic heterocycles. The minimum absolute atomic E-state index is 0.0512. The van der Waals surface area contributed by atoms with Gasteiger partial charge in [0.1, 0.15) is 23.9 Å². The molecule has 216 valence electrons. The maximum absolute atomic E-state index is 13.2. The van der Waals surface area contributed by atoms with Gasteiger partial charge in [-0.25, -0.2) is 9.80 Å². The molecule has 0 aliphatic heterocycles. The van der Waals surface area contributed by atoms with Gasteiger partial charge in [-0.15, -0.1) is 0 Å². The van der Waals surface area contributed by atoms with Gasteiger partial charge in [0.15, 0.2) is 0 Å². The highest BCUT2D eigenvalue weighted by molar-refractivity contribution is 7.85. The third-order valence-electron chi connectivity index (χ3n) is 7.11. The highest BCUT2D eigenvalue weighted by Gasteiger charge is 2.36. The molecule has 0 radical (unpaired) electrons. The number of para-hydroxylation sites is 1. The van der Waals surface area contributed by atoms with Crippen LogP contribution in [0.15, 0.2) is 30.3 Å². The zero-order valence-electron chi connectivity index (χ0n) is 23.1. The number of carbonyl (C=O) groups is 3. The number of ether oxygens (including phenoxy) is 1. The predicted molar refractivity (Wildman–Crippen MR) is 146 cm³/mol. The van der Waals surface area contributed by atoms with Gasteiger partial charge in [-0.3, -0.25) is 19.6 Å². The van der Waals surface area contributed by atoms with Crippen LogP contribution in [-0.4, -0.2) is 90.3 Å². The Morgan fingerprint density at radius 2 is 1.85 bits per heavy atom. The minimum Gasteiger partial charge on any atom is -0.461 e. The number of hydrazine groups is 1. The van der Waals surface area contributed by atoms with E-state index in [9.17, 15) is 27.4 Å². The number of carbonyl (C=O) groups excluding carboxylic acids is 3. The first kappa shape index (κ1) is 30.5. The molecule has 1 saturated carbocycles. The van der Waals surface area contributed by atoms with Crippen LogP contribution in [0.1, 0.15) is 38.8 Å². The van der Waals surface area contributed by atoms with E-state index in [4.69, 9.17) is 4.74 Å². The summed E-state index contributed by atoms with van der Waals surface area (Å²) in [5.74, 6) is -2.74. The molecular formula is C26H39N5O7S. The van der Waals surface area contributed by atoms with Crippen molar-refractivity contribution in [1.82, 2.24) is 25.2 Å². The number of esters is 1. The second-order valence-electron chi connectivity index (χ2n) is 10.1. The second-order valence-corrected chi connectivity index (χ2v) is 11.6. The number of nitrogens with zero attached hydrogens (tertiary/aromatic N) is 3. The topological polar surface area (TPSA) is 150 Å². The highest BCUT2D eigenvalue weighted by Crippen LogP contribution is 2.34. The molecule has 3 N–H and O–H groups in total. The van der Waals surface area contributed by atoms with E-state index in [-0.39, 0.29) is 19.1 Å². The van der Waals surface area contributed by atoms with Gasteiger partial charge in [0.2, 0.25) is 11.8 Å². The molecule has 2 unspecified atom stereocenters. The maximum atomic E-state index is 13.2. The monoisotopic (exact) mass is 565 g/mol. The average Bonchev–Trinajstić information content (AvgIpc) is 3.67. The molecule has 12 nitrogen and oxygen atoms in total. The van der Waals surface area contributed by atoms with Crippen molar-refractivity contribution in [3.8, 4) is 0 Å². The maximum Gasteiger partial charge on any atom is 0.328 e. The van der Waals surface area contributed by atoms with Crippen LogP contribution in [0.2, 0.25) is 0 Å². The number of fused-ring (bicyclic) bond motifs is 1. The molecular weight excluding hydrogens is 526 g/mol. The molecule has 39 heavy (non-hydrogen) atoms. The van der Waals surface area contributed by atoms with E-state index in [1.807, 2.05) is 47.0 Å². The van der Waals surface area contributed by atoms with E-state index in [0.29, 0.717) is 12.5 Å². The van der Waals surface area contributed by atoms with Gasteiger partial charge in [0.05, 0.1) is 6.54 Å². The molecule has 3 rings (SSSR count). The van der Waals surface area contributed by atoms with Crippen molar-refractivity contribution >= 4 is 38.8 Å². The number of hydrogen-bond donors (Lipinski definition) is 3. The number of nitrogens with one attached hydrogen (secondary N) is 2. The van der Waals surface area contributed by atoms with Gasteiger partial charge < -0.3 is 19.5 Å². The summed E-state index contributed by atoms with van der Waals surface area (Å²) >= 11 is 0. The summed E-state index contributed by atoms with van der Waals surface area (Å²) in [5.41, 5.74) is 4.93. The number of rotatable bonds is 14. The number of aromatic nitrogens is 1. The number of likely N-dealkylation sites (N-methyl/N-ethyl adjacent to an activating group) is 1. The Balaban J connectivity index is 1.70. The molecule has 1 aliphatic carbocycles. The quantitative estimate of drug-likeness (QED) is 0.174. The zero-order chi connectivity index (χ0) is 28.9. The number of benzene rings is 1. The Bertz CT molecular complexity index is 1290. The largest absolute Gasteiger partial charge is 0.461 e. The molecule has 1 aromatic carbocycles. The first-order valence-corrected chi connectivity index (χ1v) is 14.6. The van der Waals surface area contributed by atoms with Crippen molar-refractivity contribution in [2.75, 3.05) is 26.9 Å². The molecule has 3 atom stereocenters. The molecule has 0 spiro atoms. The van der Waals surface area contributed by atoms with Gasteiger partial charge in [-0.05, 0) is 57.2 Å². The third kappa shape index (κ3) is 8.49. The van der Waals surface area contributed by atoms with Gasteiger partial charge in [-0.2, -0.15) is 8.42 Å². The molecule has 2 amide bonds. The van der Waals surface area contributed by atoms with Gasteiger partial charge in [-0.1, -0.05) is 18.2 Å². The lowest BCUT2D eigenvalue weighted by Crippen LogP contribution is -2.54. The highest BCUT2D eigenvalue weighted by atomic mass is 32.2. The van der Waals surface area contributed by atoms with Crippen LogP contribution in [0.25, 0.3) is 10.9 Å². The lowest BCUT2D eigenvalue weighted by molar-refractivity contribution is -0.158. The fraction of sp³-hybridized carbons (Fsp3) is 0.577. The van der Waals surface area contributed by atoms with E-state index < -0.39 is 45.7 Å². The third-order valence-corrected chi connectivity index (χ3v) is 7.86. The van der Waals surface area contributed by atoms with Crippen molar-refractivity contribution in [2.45, 2.75) is 64.4 Å². The Morgan fingerprint density at radius 3 is 2.46 bits per heavy atom. The van der Waals surface area contributed by atoms with Crippen LogP contribution in [-0.2, 0) is 42.3 Å². The molecule has 2 aromatic rings. The van der Waals surface area contributed by atoms with Crippen LogP contribution in [0, 0.1) is 5.92 Å². The van der Waals surface area contributed by atoms with Crippen molar-refractivity contribution < 1.29 is 32.1 Å². The molecule has 0 bridgehead atoms. The summed E-state index contributed by atoms with van der Waals surface area (Å²) in [4.78, 5) is 39.7. The molecule has 1 fully saturated rings. The summed E-state index contributed by atoms with van der Waals surface area (Å²) in [6.07, 6.45) is 1.63. The molecule has 0 saturated heterocycles. The van der Waals surface area contributed by atoms with E-state index in [1.165, 1.54) is 14.0 Å². The lowest BCUT2D eigenvalue weighted by atomic mass is 10.2. The molecule has 1 heterocycles. The smallest absolute Gasteiger partial charge is 0.328 e. The average molecular weight is 566 g/mol. The van der Waals surface area contributed by atoms with Crippen molar-refractivity contribution in [3.63, 3.8) is 0 Å². The summed E-state index contributed by atoms with van der Waals surface area (Å²) in [6.45, 7) is 4.10. The van der Waals surface area contributed by atoms with Crippen molar-refractivity contribution in [3.05, 3.63) is 36.0 Å². The van der Waals surface area contributed by atoms with Gasteiger partial charge in [0.25, 0.3) is 10.1 Å². The van der Waals surface area contributed by atoms with Gasteiger partial charge >= 0.3 is 5.97 Å². The zero-order valence-corrected chi connectivity index (χ0v) is 23.9. The fourth-order valence-corrected chi connectivity index (χ4v) is 5.04. The van der Waals surface area contributed by atoms with Gasteiger partial charge in [0, 0.05) is 38.3 Å². The Hall–Kier alpha value is -3.00. The molecule has 1 aliphatic rings. The first-order valence-electron chi connectivity index (χ1n) is 13.0. The van der Waals surface area contributed by atoms with E-state index in [2.05, 4.69) is 10.7 Å². The van der Waals surface area contributed by atoms with Crippen LogP contribution >= 0.6 is 0 Å². The lowest BCUT2D eigenvalue weighted by Gasteiger charge is -2.28. The SMILES string of the molecule is CNN(C)Cc1cc2ccccc2n1CCC(=O)NC(CS(=O)(=O)O)C(=O)N(C)C(C)C(=O)O[C@@H](C)C1CC1.